The molecule has 110 valence electrons. The van der Waals surface area contributed by atoms with Gasteiger partial charge in [-0.2, -0.15) is 0 Å². The van der Waals surface area contributed by atoms with E-state index < -0.39 is 0 Å². The molecule has 0 aliphatic rings. The quantitative estimate of drug-likeness (QED) is 0.719. The van der Waals surface area contributed by atoms with Gasteiger partial charge in [-0.1, -0.05) is 54.6 Å². The molecular formula is C20H19NO. The molecule has 3 rings (SSSR count). The zero-order valence-electron chi connectivity index (χ0n) is 12.6. The van der Waals surface area contributed by atoms with Gasteiger partial charge in [0, 0.05) is 11.6 Å². The molecule has 0 aliphatic heterocycles. The highest BCUT2D eigenvalue weighted by atomic mass is 16.5. The van der Waals surface area contributed by atoms with Crippen LogP contribution in [0.15, 0.2) is 78.9 Å². The van der Waals surface area contributed by atoms with E-state index in [4.69, 9.17) is 10.5 Å². The summed E-state index contributed by atoms with van der Waals surface area (Å²) in [5.41, 5.74) is 9.30. The number of hydrogen-bond acceptors (Lipinski definition) is 2. The van der Waals surface area contributed by atoms with Crippen LogP contribution in [0.3, 0.4) is 0 Å². The normalized spacial score (nSPS) is 11.9. The monoisotopic (exact) mass is 289 g/mol. The molecule has 0 saturated heterocycles. The van der Waals surface area contributed by atoms with Crippen molar-refractivity contribution in [3.63, 3.8) is 0 Å². The summed E-state index contributed by atoms with van der Waals surface area (Å²) >= 11 is 0. The fourth-order valence-corrected chi connectivity index (χ4v) is 2.38. The summed E-state index contributed by atoms with van der Waals surface area (Å²) in [6, 6.07) is 26.2. The van der Waals surface area contributed by atoms with Crippen LogP contribution < -0.4 is 10.5 Å². The zero-order chi connectivity index (χ0) is 15.4. The van der Waals surface area contributed by atoms with Crippen molar-refractivity contribution in [2.45, 2.75) is 13.0 Å². The Morgan fingerprint density at radius 1 is 0.818 bits per heavy atom. The van der Waals surface area contributed by atoms with Crippen LogP contribution in [0.5, 0.6) is 11.5 Å². The fraction of sp³-hybridized carbons (Fsp3) is 0.100. The third kappa shape index (κ3) is 3.18. The Bertz CT molecular complexity index is 736. The van der Waals surface area contributed by atoms with Gasteiger partial charge in [0.05, 0.1) is 0 Å². The lowest BCUT2D eigenvalue weighted by Gasteiger charge is -2.15. The van der Waals surface area contributed by atoms with Crippen LogP contribution in [0, 0.1) is 0 Å². The predicted octanol–water partition coefficient (Wildman–Crippen LogP) is 5.17. The minimum absolute atomic E-state index is 0.00626. The highest BCUT2D eigenvalue weighted by molar-refractivity contribution is 5.71. The van der Waals surface area contributed by atoms with Gasteiger partial charge in [-0.15, -0.1) is 0 Å². The molecule has 0 unspecified atom stereocenters. The van der Waals surface area contributed by atoms with Crippen molar-refractivity contribution in [1.82, 2.24) is 0 Å². The molecule has 1 atom stereocenters. The van der Waals surface area contributed by atoms with Gasteiger partial charge in [-0.05, 0) is 42.3 Å². The van der Waals surface area contributed by atoms with E-state index in [-0.39, 0.29) is 6.04 Å². The Morgan fingerprint density at radius 2 is 1.45 bits per heavy atom. The molecule has 0 aliphatic carbocycles. The fourth-order valence-electron chi connectivity index (χ4n) is 2.38. The second-order valence-corrected chi connectivity index (χ2v) is 5.33. The highest BCUT2D eigenvalue weighted by Crippen LogP contribution is 2.35. The third-order valence-corrected chi connectivity index (χ3v) is 3.59. The Labute approximate surface area is 131 Å². The average Bonchev–Trinajstić information content (AvgIpc) is 2.57. The van der Waals surface area contributed by atoms with E-state index in [0.29, 0.717) is 0 Å². The summed E-state index contributed by atoms with van der Waals surface area (Å²) in [7, 11) is 0. The lowest BCUT2D eigenvalue weighted by molar-refractivity contribution is 0.484. The first-order valence-corrected chi connectivity index (χ1v) is 7.42. The number of hydrogen-bond donors (Lipinski definition) is 1. The van der Waals surface area contributed by atoms with E-state index in [1.165, 1.54) is 0 Å². The van der Waals surface area contributed by atoms with E-state index in [2.05, 4.69) is 18.2 Å². The van der Waals surface area contributed by atoms with Crippen molar-refractivity contribution in [3.8, 4) is 22.6 Å². The molecule has 0 amide bonds. The van der Waals surface area contributed by atoms with Gasteiger partial charge in [0.1, 0.15) is 11.5 Å². The minimum atomic E-state index is -0.00626. The molecule has 22 heavy (non-hydrogen) atoms. The SMILES string of the molecule is C[C@H](N)c1ccc(Oc2ccccc2)c(-c2ccccc2)c1. The standard InChI is InChI=1S/C20H19NO/c1-15(21)17-12-13-20(22-18-10-6-3-7-11-18)19(14-17)16-8-4-2-5-9-16/h2-15H,21H2,1H3/t15-/m0/s1. The molecule has 3 aromatic rings. The van der Waals surface area contributed by atoms with Gasteiger partial charge in [0.2, 0.25) is 0 Å². The molecule has 0 aromatic heterocycles. The maximum absolute atomic E-state index is 6.06. The molecule has 2 N–H and O–H groups in total. The van der Waals surface area contributed by atoms with Crippen molar-refractivity contribution in [1.29, 1.82) is 0 Å². The second kappa shape index (κ2) is 6.46. The molecule has 0 saturated carbocycles. The number of rotatable bonds is 4. The first-order chi connectivity index (χ1) is 10.7. The molecule has 3 aromatic carbocycles. The molecule has 2 nitrogen and oxygen atoms in total. The average molecular weight is 289 g/mol. The molecule has 0 fully saturated rings. The van der Waals surface area contributed by atoms with Crippen LogP contribution in [-0.2, 0) is 0 Å². The van der Waals surface area contributed by atoms with Gasteiger partial charge >= 0.3 is 0 Å². The number of para-hydroxylation sites is 1. The zero-order valence-corrected chi connectivity index (χ0v) is 12.6. The molecular weight excluding hydrogens is 270 g/mol. The summed E-state index contributed by atoms with van der Waals surface area (Å²) in [6.07, 6.45) is 0. The third-order valence-electron chi connectivity index (χ3n) is 3.59. The summed E-state index contributed by atoms with van der Waals surface area (Å²) in [5, 5.41) is 0. The maximum atomic E-state index is 6.06. The summed E-state index contributed by atoms with van der Waals surface area (Å²) in [4.78, 5) is 0. The summed E-state index contributed by atoms with van der Waals surface area (Å²) in [6.45, 7) is 1.99. The van der Waals surface area contributed by atoms with Gasteiger partial charge in [-0.25, -0.2) is 0 Å². The lowest BCUT2D eigenvalue weighted by atomic mass is 9.99. The van der Waals surface area contributed by atoms with Gasteiger partial charge in [-0.3, -0.25) is 0 Å². The first-order valence-electron chi connectivity index (χ1n) is 7.42. The Morgan fingerprint density at radius 3 is 2.09 bits per heavy atom. The largest absolute Gasteiger partial charge is 0.457 e. The molecule has 0 bridgehead atoms. The lowest BCUT2D eigenvalue weighted by Crippen LogP contribution is -2.05. The van der Waals surface area contributed by atoms with Crippen LogP contribution in [-0.4, -0.2) is 0 Å². The van der Waals surface area contributed by atoms with E-state index in [1.54, 1.807) is 0 Å². The minimum Gasteiger partial charge on any atom is -0.457 e. The van der Waals surface area contributed by atoms with E-state index in [1.807, 2.05) is 67.6 Å². The topological polar surface area (TPSA) is 35.2 Å². The van der Waals surface area contributed by atoms with Crippen LogP contribution in [0.2, 0.25) is 0 Å². The van der Waals surface area contributed by atoms with Crippen molar-refractivity contribution in [2.75, 3.05) is 0 Å². The van der Waals surface area contributed by atoms with Gasteiger partial charge < -0.3 is 10.5 Å². The number of nitrogens with two attached hydrogens (primary N) is 1. The summed E-state index contributed by atoms with van der Waals surface area (Å²) < 4.78 is 6.06. The molecule has 0 radical (unpaired) electrons. The van der Waals surface area contributed by atoms with Crippen LogP contribution in [0.4, 0.5) is 0 Å². The van der Waals surface area contributed by atoms with Crippen LogP contribution >= 0.6 is 0 Å². The Balaban J connectivity index is 2.05. The van der Waals surface area contributed by atoms with E-state index in [9.17, 15) is 0 Å². The van der Waals surface area contributed by atoms with Gasteiger partial charge in [0.25, 0.3) is 0 Å². The van der Waals surface area contributed by atoms with Crippen molar-refractivity contribution >= 4 is 0 Å². The van der Waals surface area contributed by atoms with Crippen molar-refractivity contribution in [2.24, 2.45) is 5.73 Å². The van der Waals surface area contributed by atoms with Crippen LogP contribution in [0.1, 0.15) is 18.5 Å². The van der Waals surface area contributed by atoms with Crippen molar-refractivity contribution < 1.29 is 4.74 Å². The molecule has 2 heteroatoms. The Hall–Kier alpha value is -2.58. The van der Waals surface area contributed by atoms with Crippen LogP contribution in [0.25, 0.3) is 11.1 Å². The van der Waals surface area contributed by atoms with E-state index >= 15 is 0 Å². The highest BCUT2D eigenvalue weighted by Gasteiger charge is 2.10. The molecule has 0 heterocycles. The first kappa shape index (κ1) is 14.4. The van der Waals surface area contributed by atoms with Crippen molar-refractivity contribution in [3.05, 3.63) is 84.4 Å². The Kier molecular flexibility index (Phi) is 4.22. The maximum Gasteiger partial charge on any atom is 0.135 e. The van der Waals surface area contributed by atoms with E-state index in [0.717, 1.165) is 28.2 Å². The number of ether oxygens (including phenoxy) is 1. The summed E-state index contributed by atoms with van der Waals surface area (Å²) in [5.74, 6) is 1.66. The predicted molar refractivity (Wildman–Crippen MR) is 91.0 cm³/mol. The number of benzene rings is 3. The smallest absolute Gasteiger partial charge is 0.135 e. The molecule has 0 spiro atoms. The second-order valence-electron chi connectivity index (χ2n) is 5.33. The van der Waals surface area contributed by atoms with Gasteiger partial charge in [0.15, 0.2) is 0 Å².